The van der Waals surface area contributed by atoms with E-state index in [0.29, 0.717) is 30.3 Å². The molecule has 6 heteroatoms. The van der Waals surface area contributed by atoms with Crippen molar-refractivity contribution in [1.82, 2.24) is 20.0 Å². The Morgan fingerprint density at radius 2 is 2.04 bits per heavy atom. The molecule has 1 fully saturated rings. The third kappa shape index (κ3) is 3.17. The highest BCUT2D eigenvalue weighted by molar-refractivity contribution is 5.95. The maximum atomic E-state index is 12.6. The van der Waals surface area contributed by atoms with Crippen molar-refractivity contribution in [2.45, 2.75) is 63.6 Å². The number of likely N-dealkylation sites (N-methyl/N-ethyl adjacent to an activating group) is 1. The molecule has 0 saturated heterocycles. The summed E-state index contributed by atoms with van der Waals surface area (Å²) in [5, 5.41) is 7.90. The second-order valence-corrected chi connectivity index (χ2v) is 7.16. The molecule has 2 aliphatic rings. The van der Waals surface area contributed by atoms with Gasteiger partial charge in [0.05, 0.1) is 12.1 Å². The molecule has 0 spiro atoms. The van der Waals surface area contributed by atoms with Crippen molar-refractivity contribution in [2.24, 2.45) is 0 Å². The Morgan fingerprint density at radius 3 is 2.70 bits per heavy atom. The Balaban J connectivity index is 1.72. The summed E-state index contributed by atoms with van der Waals surface area (Å²) in [6.45, 7) is 3.44. The maximum absolute atomic E-state index is 12.6. The molecule has 0 aromatic carbocycles. The first kappa shape index (κ1) is 16.2. The third-order valence-electron chi connectivity index (χ3n) is 5.37. The van der Waals surface area contributed by atoms with E-state index < -0.39 is 0 Å². The number of carbonyl (C=O) groups excluding carboxylic acids is 2. The molecule has 6 nitrogen and oxygen atoms in total. The fraction of sp³-hybridized carbons (Fsp3) is 0.706. The van der Waals surface area contributed by atoms with Gasteiger partial charge in [0.25, 0.3) is 5.91 Å². The van der Waals surface area contributed by atoms with Gasteiger partial charge in [-0.2, -0.15) is 5.10 Å². The number of amides is 1. The van der Waals surface area contributed by atoms with E-state index in [9.17, 15) is 9.59 Å². The second-order valence-electron chi connectivity index (χ2n) is 7.16. The number of rotatable bonds is 4. The average molecular weight is 318 g/mol. The summed E-state index contributed by atoms with van der Waals surface area (Å²) >= 11 is 0. The molecular formula is C17H26N4O2. The summed E-state index contributed by atoms with van der Waals surface area (Å²) in [5.74, 6) is -0.0676. The monoisotopic (exact) mass is 318 g/mol. The van der Waals surface area contributed by atoms with Gasteiger partial charge in [0.2, 0.25) is 0 Å². The van der Waals surface area contributed by atoms with Crippen molar-refractivity contribution in [3.05, 3.63) is 17.5 Å². The van der Waals surface area contributed by atoms with Crippen LogP contribution in [0.1, 0.15) is 66.4 Å². The minimum Gasteiger partial charge on any atom is -0.332 e. The van der Waals surface area contributed by atoms with Crippen molar-refractivity contribution in [2.75, 3.05) is 13.6 Å². The Hall–Kier alpha value is -1.69. The molecule has 1 amide bonds. The molecule has 1 aliphatic carbocycles. The van der Waals surface area contributed by atoms with Crippen molar-refractivity contribution < 1.29 is 9.59 Å². The number of nitrogens with one attached hydrogen (secondary N) is 1. The normalized spacial score (nSPS) is 26.0. The van der Waals surface area contributed by atoms with Crippen LogP contribution in [0.5, 0.6) is 0 Å². The lowest BCUT2D eigenvalue weighted by atomic mass is 9.96. The number of nitrogens with zero attached hydrogens (tertiary/aromatic N) is 3. The summed E-state index contributed by atoms with van der Waals surface area (Å²) < 4.78 is 1.68. The van der Waals surface area contributed by atoms with Crippen LogP contribution in [0.4, 0.5) is 0 Å². The molecule has 3 rings (SSSR count). The zero-order chi connectivity index (χ0) is 16.4. The number of fused-ring (bicyclic) bond motifs is 1. The number of aromatic nitrogens is 2. The quantitative estimate of drug-likeness (QED) is 0.679. The molecule has 2 heterocycles. The van der Waals surface area contributed by atoms with Crippen molar-refractivity contribution >= 4 is 12.2 Å². The molecule has 1 aromatic heterocycles. The van der Waals surface area contributed by atoms with Crippen molar-refractivity contribution in [3.63, 3.8) is 0 Å². The van der Waals surface area contributed by atoms with Crippen molar-refractivity contribution in [3.8, 4) is 0 Å². The highest BCUT2D eigenvalue weighted by Crippen LogP contribution is 2.26. The van der Waals surface area contributed by atoms with E-state index >= 15 is 0 Å². The van der Waals surface area contributed by atoms with E-state index in [1.165, 1.54) is 38.5 Å². The molecule has 1 unspecified atom stereocenters. The number of carbonyl (C=O) groups is 2. The summed E-state index contributed by atoms with van der Waals surface area (Å²) in [6.07, 6.45) is 8.37. The first-order valence-corrected chi connectivity index (χ1v) is 8.58. The van der Waals surface area contributed by atoms with Crippen LogP contribution in [0, 0.1) is 0 Å². The highest BCUT2D eigenvalue weighted by Gasteiger charge is 2.40. The molecule has 23 heavy (non-hydrogen) atoms. The maximum Gasteiger partial charge on any atom is 0.272 e. The predicted octanol–water partition coefficient (Wildman–Crippen LogP) is 1.85. The van der Waals surface area contributed by atoms with E-state index in [0.717, 1.165) is 6.54 Å². The predicted molar refractivity (Wildman–Crippen MR) is 87.6 cm³/mol. The van der Waals surface area contributed by atoms with Crippen LogP contribution >= 0.6 is 0 Å². The SMILES string of the molecule is CN1C(=O)c2cc(C=O)nn2CC1(C)CNC1CCCCCC1. The van der Waals surface area contributed by atoms with E-state index in [1.807, 2.05) is 7.05 Å². The highest BCUT2D eigenvalue weighted by atomic mass is 16.2. The van der Waals surface area contributed by atoms with Crippen LogP contribution in [0.2, 0.25) is 0 Å². The molecule has 1 aromatic rings. The van der Waals surface area contributed by atoms with E-state index in [-0.39, 0.29) is 11.4 Å². The zero-order valence-corrected chi connectivity index (χ0v) is 14.0. The molecule has 1 aliphatic heterocycles. The van der Waals surface area contributed by atoms with E-state index in [4.69, 9.17) is 0 Å². The van der Waals surface area contributed by atoms with Crippen LogP contribution in [0.25, 0.3) is 0 Å². The molecule has 1 atom stereocenters. The Morgan fingerprint density at radius 1 is 1.35 bits per heavy atom. The fourth-order valence-corrected chi connectivity index (χ4v) is 3.65. The van der Waals surface area contributed by atoms with Crippen LogP contribution in [0.15, 0.2) is 6.07 Å². The zero-order valence-electron chi connectivity index (χ0n) is 14.0. The first-order valence-electron chi connectivity index (χ1n) is 8.58. The van der Waals surface area contributed by atoms with Gasteiger partial charge in [0, 0.05) is 19.6 Å². The van der Waals surface area contributed by atoms with Gasteiger partial charge >= 0.3 is 0 Å². The van der Waals surface area contributed by atoms with Crippen LogP contribution in [0.3, 0.4) is 0 Å². The largest absolute Gasteiger partial charge is 0.332 e. The van der Waals surface area contributed by atoms with Gasteiger partial charge in [-0.3, -0.25) is 14.3 Å². The van der Waals surface area contributed by atoms with Crippen LogP contribution in [-0.2, 0) is 6.54 Å². The van der Waals surface area contributed by atoms with Gasteiger partial charge in [-0.25, -0.2) is 0 Å². The van der Waals surface area contributed by atoms with E-state index in [2.05, 4.69) is 17.3 Å². The van der Waals surface area contributed by atoms with Crippen molar-refractivity contribution in [1.29, 1.82) is 0 Å². The Kier molecular flexibility index (Phi) is 4.53. The fourth-order valence-electron chi connectivity index (χ4n) is 3.65. The van der Waals surface area contributed by atoms with Gasteiger partial charge in [-0.05, 0) is 25.8 Å². The van der Waals surface area contributed by atoms with Gasteiger partial charge in [0.1, 0.15) is 11.4 Å². The Bertz CT molecular complexity index is 589. The molecule has 1 N–H and O–H groups in total. The lowest BCUT2D eigenvalue weighted by molar-refractivity contribution is 0.0433. The van der Waals surface area contributed by atoms with Gasteiger partial charge in [0.15, 0.2) is 6.29 Å². The minimum atomic E-state index is -0.331. The number of hydrogen-bond donors (Lipinski definition) is 1. The molecule has 126 valence electrons. The lowest BCUT2D eigenvalue weighted by Gasteiger charge is -2.43. The number of hydrogen-bond acceptors (Lipinski definition) is 4. The molecule has 0 radical (unpaired) electrons. The number of aldehydes is 1. The van der Waals surface area contributed by atoms with Gasteiger partial charge in [-0.1, -0.05) is 25.7 Å². The summed E-state index contributed by atoms with van der Waals surface area (Å²) in [7, 11) is 1.84. The molecule has 0 bridgehead atoms. The lowest BCUT2D eigenvalue weighted by Crippen LogP contribution is -2.60. The smallest absolute Gasteiger partial charge is 0.272 e. The van der Waals surface area contributed by atoms with Crippen LogP contribution in [-0.4, -0.2) is 52.0 Å². The van der Waals surface area contributed by atoms with E-state index in [1.54, 1.807) is 15.6 Å². The third-order valence-corrected chi connectivity index (χ3v) is 5.37. The Labute approximate surface area is 137 Å². The molecular weight excluding hydrogens is 292 g/mol. The van der Waals surface area contributed by atoms with Gasteiger partial charge < -0.3 is 10.2 Å². The average Bonchev–Trinajstić information content (AvgIpc) is 2.78. The topological polar surface area (TPSA) is 67.2 Å². The second kappa shape index (κ2) is 6.43. The summed E-state index contributed by atoms with van der Waals surface area (Å²) in [4.78, 5) is 25.3. The summed E-state index contributed by atoms with van der Waals surface area (Å²) in [5.41, 5.74) is 0.493. The molecule has 1 saturated carbocycles. The van der Waals surface area contributed by atoms with Crippen LogP contribution < -0.4 is 5.32 Å². The first-order chi connectivity index (χ1) is 11.0. The standard InChI is InChI=1S/C17H26N4O2/c1-17(11-18-13-7-5-3-4-6-8-13)12-21-15(16(23)20(17)2)9-14(10-22)19-21/h9-10,13,18H,3-8,11-12H2,1-2H3. The minimum absolute atomic E-state index is 0.0676. The van der Waals surface area contributed by atoms with Gasteiger partial charge in [-0.15, -0.1) is 0 Å². The summed E-state index contributed by atoms with van der Waals surface area (Å²) in [6, 6.07) is 2.12.